The van der Waals surface area contributed by atoms with Gasteiger partial charge >= 0.3 is 0 Å². The minimum Gasteiger partial charge on any atom is -0.368 e. The van der Waals surface area contributed by atoms with E-state index in [1.165, 1.54) is 32.1 Å². The van der Waals surface area contributed by atoms with Crippen LogP contribution in [0.1, 0.15) is 51.9 Å². The summed E-state index contributed by atoms with van der Waals surface area (Å²) in [4.78, 5) is 11.3. The smallest absolute Gasteiger partial charge is 0.237 e. The van der Waals surface area contributed by atoms with E-state index in [9.17, 15) is 4.79 Å². The van der Waals surface area contributed by atoms with Gasteiger partial charge in [0.05, 0.1) is 5.54 Å². The first-order valence-corrected chi connectivity index (χ1v) is 7.74. The van der Waals surface area contributed by atoms with Gasteiger partial charge in [-0.1, -0.05) is 19.3 Å². The monoisotopic (exact) mass is 258 g/mol. The van der Waals surface area contributed by atoms with E-state index in [1.54, 1.807) is 7.05 Å². The molecule has 3 N–H and O–H groups in total. The fourth-order valence-corrected chi connectivity index (χ4v) is 3.59. The average molecular weight is 258 g/mol. The highest BCUT2D eigenvalue weighted by Crippen LogP contribution is 2.29. The van der Waals surface area contributed by atoms with Crippen LogP contribution in [-0.2, 0) is 4.79 Å². The molecule has 17 heavy (non-hydrogen) atoms. The lowest BCUT2D eigenvalue weighted by molar-refractivity contribution is -0.123. The number of rotatable bonds is 7. The fraction of sp³-hybridized carbons (Fsp3) is 0.923. The predicted octanol–water partition coefficient (Wildman–Crippen LogP) is 2.30. The SMILES string of the molecule is CNC(C)(CCCSC1CCCCC1)C(N)=O. The van der Waals surface area contributed by atoms with E-state index in [-0.39, 0.29) is 5.91 Å². The molecule has 1 saturated carbocycles. The van der Waals surface area contributed by atoms with E-state index < -0.39 is 5.54 Å². The van der Waals surface area contributed by atoms with Gasteiger partial charge in [-0.05, 0) is 45.4 Å². The number of nitrogens with two attached hydrogens (primary N) is 1. The number of carbonyl (C=O) groups excluding carboxylic acids is 1. The Balaban J connectivity index is 2.16. The molecule has 0 bridgehead atoms. The summed E-state index contributed by atoms with van der Waals surface area (Å²) in [6.07, 6.45) is 8.85. The molecule has 1 atom stereocenters. The minimum atomic E-state index is -0.535. The van der Waals surface area contributed by atoms with Crippen LogP contribution in [0.3, 0.4) is 0 Å². The van der Waals surface area contributed by atoms with Crippen molar-refractivity contribution < 1.29 is 4.79 Å². The van der Waals surface area contributed by atoms with Crippen LogP contribution >= 0.6 is 11.8 Å². The van der Waals surface area contributed by atoms with Gasteiger partial charge in [0, 0.05) is 5.25 Å². The highest BCUT2D eigenvalue weighted by atomic mass is 32.2. The molecule has 0 aromatic rings. The molecule has 0 aliphatic heterocycles. The maximum absolute atomic E-state index is 11.3. The first-order chi connectivity index (χ1) is 8.08. The lowest BCUT2D eigenvalue weighted by Gasteiger charge is -2.26. The average Bonchev–Trinajstić information content (AvgIpc) is 2.35. The number of primary amides is 1. The van der Waals surface area contributed by atoms with Gasteiger partial charge in [-0.2, -0.15) is 11.8 Å². The second-order valence-electron chi connectivity index (χ2n) is 5.18. The molecule has 1 rings (SSSR count). The molecule has 4 heteroatoms. The molecule has 0 aromatic heterocycles. The van der Waals surface area contributed by atoms with Gasteiger partial charge in [0.25, 0.3) is 0 Å². The number of likely N-dealkylation sites (N-methyl/N-ethyl adjacent to an activating group) is 1. The summed E-state index contributed by atoms with van der Waals surface area (Å²) in [6.45, 7) is 1.89. The first kappa shape index (κ1) is 14.8. The Bertz CT molecular complexity index is 242. The second-order valence-corrected chi connectivity index (χ2v) is 6.59. The topological polar surface area (TPSA) is 55.1 Å². The molecule has 3 nitrogen and oxygen atoms in total. The molecule has 0 aromatic carbocycles. The molecule has 1 unspecified atom stereocenters. The predicted molar refractivity (Wildman–Crippen MR) is 75.2 cm³/mol. The summed E-state index contributed by atoms with van der Waals surface area (Å²) in [6, 6.07) is 0. The van der Waals surface area contributed by atoms with Crippen molar-refractivity contribution in [3.05, 3.63) is 0 Å². The van der Waals surface area contributed by atoms with Crippen LogP contribution in [0.15, 0.2) is 0 Å². The summed E-state index contributed by atoms with van der Waals surface area (Å²) < 4.78 is 0. The van der Waals surface area contributed by atoms with E-state index in [1.807, 2.05) is 6.92 Å². The maximum atomic E-state index is 11.3. The van der Waals surface area contributed by atoms with Crippen LogP contribution in [0, 0.1) is 0 Å². The van der Waals surface area contributed by atoms with Gasteiger partial charge in [0.1, 0.15) is 0 Å². The lowest BCUT2D eigenvalue weighted by atomic mass is 9.96. The zero-order chi connectivity index (χ0) is 12.7. The van der Waals surface area contributed by atoms with Crippen LogP contribution < -0.4 is 11.1 Å². The first-order valence-electron chi connectivity index (χ1n) is 6.69. The number of nitrogens with one attached hydrogen (secondary N) is 1. The van der Waals surface area contributed by atoms with Crippen molar-refractivity contribution in [1.29, 1.82) is 0 Å². The zero-order valence-corrected chi connectivity index (χ0v) is 11.9. The van der Waals surface area contributed by atoms with Crippen molar-refractivity contribution in [1.82, 2.24) is 5.32 Å². The van der Waals surface area contributed by atoms with E-state index in [4.69, 9.17) is 5.73 Å². The molecule has 1 aliphatic rings. The Kier molecular flexibility index (Phi) is 6.34. The normalized spacial score (nSPS) is 21.1. The standard InChI is InChI=1S/C13H26N2OS/c1-13(15-2,12(14)16)9-6-10-17-11-7-4-3-5-8-11/h11,15H,3-10H2,1-2H3,(H2,14,16). The van der Waals surface area contributed by atoms with Crippen LogP contribution in [0.25, 0.3) is 0 Å². The van der Waals surface area contributed by atoms with Crippen LogP contribution in [-0.4, -0.2) is 29.5 Å². The van der Waals surface area contributed by atoms with Gasteiger partial charge in [0.2, 0.25) is 5.91 Å². The number of hydrogen-bond donors (Lipinski definition) is 2. The third-order valence-electron chi connectivity index (χ3n) is 3.82. The maximum Gasteiger partial charge on any atom is 0.237 e. The second kappa shape index (κ2) is 7.27. The Morgan fingerprint density at radius 2 is 2.06 bits per heavy atom. The van der Waals surface area contributed by atoms with Gasteiger partial charge in [0.15, 0.2) is 0 Å². The van der Waals surface area contributed by atoms with E-state index in [2.05, 4.69) is 17.1 Å². The Morgan fingerprint density at radius 3 is 2.59 bits per heavy atom. The summed E-state index contributed by atoms with van der Waals surface area (Å²) >= 11 is 2.08. The summed E-state index contributed by atoms with van der Waals surface area (Å²) in [5, 5.41) is 3.89. The molecule has 0 heterocycles. The van der Waals surface area contributed by atoms with Crippen LogP contribution in [0.2, 0.25) is 0 Å². The summed E-state index contributed by atoms with van der Waals surface area (Å²) in [5.74, 6) is 0.901. The van der Waals surface area contributed by atoms with Crippen LogP contribution in [0.4, 0.5) is 0 Å². The summed E-state index contributed by atoms with van der Waals surface area (Å²) in [7, 11) is 1.80. The fourth-order valence-electron chi connectivity index (χ4n) is 2.28. The van der Waals surface area contributed by atoms with Gasteiger partial charge in [-0.15, -0.1) is 0 Å². The molecule has 0 saturated heterocycles. The van der Waals surface area contributed by atoms with E-state index in [0.717, 1.165) is 23.8 Å². The zero-order valence-electron chi connectivity index (χ0n) is 11.1. The largest absolute Gasteiger partial charge is 0.368 e. The molecule has 1 amide bonds. The number of hydrogen-bond acceptors (Lipinski definition) is 3. The van der Waals surface area contributed by atoms with Crippen molar-refractivity contribution in [2.45, 2.75) is 62.7 Å². The third-order valence-corrected chi connectivity index (χ3v) is 5.29. The van der Waals surface area contributed by atoms with Crippen molar-refractivity contribution in [2.24, 2.45) is 5.73 Å². The molecule has 100 valence electrons. The lowest BCUT2D eigenvalue weighted by Crippen LogP contribution is -2.51. The molecule has 0 spiro atoms. The summed E-state index contributed by atoms with van der Waals surface area (Å²) in [5.41, 5.74) is 4.86. The van der Waals surface area contributed by atoms with Crippen molar-refractivity contribution in [3.8, 4) is 0 Å². The molecule has 1 fully saturated rings. The van der Waals surface area contributed by atoms with Crippen molar-refractivity contribution in [2.75, 3.05) is 12.8 Å². The molecule has 1 aliphatic carbocycles. The number of thioether (sulfide) groups is 1. The number of carbonyl (C=O) groups is 1. The Morgan fingerprint density at radius 1 is 1.41 bits per heavy atom. The van der Waals surface area contributed by atoms with Gasteiger partial charge < -0.3 is 11.1 Å². The Labute approximate surface area is 109 Å². The van der Waals surface area contributed by atoms with Crippen molar-refractivity contribution in [3.63, 3.8) is 0 Å². The van der Waals surface area contributed by atoms with E-state index in [0.29, 0.717) is 0 Å². The highest BCUT2D eigenvalue weighted by Gasteiger charge is 2.28. The van der Waals surface area contributed by atoms with Gasteiger partial charge in [-0.25, -0.2) is 0 Å². The van der Waals surface area contributed by atoms with Crippen molar-refractivity contribution >= 4 is 17.7 Å². The molecule has 0 radical (unpaired) electrons. The van der Waals surface area contributed by atoms with Crippen LogP contribution in [0.5, 0.6) is 0 Å². The highest BCUT2D eigenvalue weighted by molar-refractivity contribution is 7.99. The molecular weight excluding hydrogens is 232 g/mol. The Hall–Kier alpha value is -0.220. The number of amides is 1. The quantitative estimate of drug-likeness (QED) is 0.689. The van der Waals surface area contributed by atoms with E-state index >= 15 is 0 Å². The van der Waals surface area contributed by atoms with Gasteiger partial charge in [-0.3, -0.25) is 4.79 Å². The third kappa shape index (κ3) is 4.88. The molecular formula is C13H26N2OS. The minimum absolute atomic E-state index is 0.248.